The van der Waals surface area contributed by atoms with Gasteiger partial charge in [-0.05, 0) is 11.3 Å². The summed E-state index contributed by atoms with van der Waals surface area (Å²) in [5, 5.41) is 2.38. The van der Waals surface area contributed by atoms with Crippen LogP contribution in [0.1, 0.15) is 34.6 Å². The van der Waals surface area contributed by atoms with E-state index in [4.69, 9.17) is 0 Å². The Morgan fingerprint density at radius 1 is 1.44 bits per heavy atom. The third-order valence-electron chi connectivity index (χ3n) is 3.43. The van der Waals surface area contributed by atoms with Gasteiger partial charge in [0, 0.05) is 13.1 Å². The topological polar surface area (TPSA) is 49.4 Å². The van der Waals surface area contributed by atoms with E-state index in [2.05, 4.69) is 33.0 Å². The SMILES string of the molecule is CC1CN(CC(C)C(C)(C)C)C(=O)NC1=O. The first-order chi connectivity index (χ1) is 7.21. The van der Waals surface area contributed by atoms with Crippen LogP contribution in [0.4, 0.5) is 4.79 Å². The smallest absolute Gasteiger partial charge is 0.323 e. The Kier molecular flexibility index (Phi) is 3.61. The van der Waals surface area contributed by atoms with Gasteiger partial charge in [0.15, 0.2) is 0 Å². The molecule has 0 spiro atoms. The molecule has 1 saturated heterocycles. The Bertz CT molecular complexity index is 294. The van der Waals surface area contributed by atoms with Crippen molar-refractivity contribution < 1.29 is 9.59 Å². The molecule has 4 heteroatoms. The molecule has 1 rings (SSSR count). The molecule has 1 heterocycles. The quantitative estimate of drug-likeness (QED) is 0.781. The average molecular weight is 226 g/mol. The average Bonchev–Trinajstić information content (AvgIpc) is 2.12. The van der Waals surface area contributed by atoms with Crippen LogP contribution in [0.2, 0.25) is 0 Å². The first-order valence-electron chi connectivity index (χ1n) is 5.81. The lowest BCUT2D eigenvalue weighted by molar-refractivity contribution is -0.125. The van der Waals surface area contributed by atoms with Crippen molar-refractivity contribution in [1.82, 2.24) is 10.2 Å². The van der Waals surface area contributed by atoms with E-state index >= 15 is 0 Å². The van der Waals surface area contributed by atoms with Crippen LogP contribution in [0, 0.1) is 17.3 Å². The summed E-state index contributed by atoms with van der Waals surface area (Å²) < 4.78 is 0. The number of hydrogen-bond donors (Lipinski definition) is 1. The summed E-state index contributed by atoms with van der Waals surface area (Å²) >= 11 is 0. The molecule has 92 valence electrons. The van der Waals surface area contributed by atoms with Gasteiger partial charge in [0.05, 0.1) is 5.92 Å². The number of nitrogens with one attached hydrogen (secondary N) is 1. The molecule has 1 aliphatic rings. The van der Waals surface area contributed by atoms with Crippen molar-refractivity contribution in [3.05, 3.63) is 0 Å². The van der Waals surface area contributed by atoms with Crippen molar-refractivity contribution in [2.24, 2.45) is 17.3 Å². The molecule has 0 radical (unpaired) electrons. The molecule has 1 fully saturated rings. The second kappa shape index (κ2) is 4.44. The van der Waals surface area contributed by atoms with E-state index in [0.29, 0.717) is 19.0 Å². The highest BCUT2D eigenvalue weighted by molar-refractivity contribution is 5.97. The minimum atomic E-state index is -0.251. The maximum absolute atomic E-state index is 11.6. The van der Waals surface area contributed by atoms with Gasteiger partial charge < -0.3 is 4.90 Å². The number of rotatable bonds is 2. The Morgan fingerprint density at radius 3 is 2.50 bits per heavy atom. The van der Waals surface area contributed by atoms with Gasteiger partial charge in [0.2, 0.25) is 5.91 Å². The van der Waals surface area contributed by atoms with E-state index in [9.17, 15) is 9.59 Å². The molecule has 1 aliphatic heterocycles. The zero-order chi connectivity index (χ0) is 12.5. The summed E-state index contributed by atoms with van der Waals surface area (Å²) in [5.74, 6) is 0.133. The first-order valence-corrected chi connectivity index (χ1v) is 5.81. The predicted octanol–water partition coefficient (Wildman–Crippen LogP) is 1.86. The maximum Gasteiger partial charge on any atom is 0.324 e. The van der Waals surface area contributed by atoms with E-state index in [1.54, 1.807) is 4.90 Å². The molecule has 3 amide bonds. The number of imide groups is 1. The van der Waals surface area contributed by atoms with Crippen molar-refractivity contribution in [3.63, 3.8) is 0 Å². The van der Waals surface area contributed by atoms with Crippen LogP contribution in [0.3, 0.4) is 0 Å². The van der Waals surface area contributed by atoms with Gasteiger partial charge in [-0.3, -0.25) is 10.1 Å². The van der Waals surface area contributed by atoms with Crippen LogP contribution in [-0.2, 0) is 4.79 Å². The van der Waals surface area contributed by atoms with E-state index in [-0.39, 0.29) is 23.3 Å². The number of hydrogen-bond acceptors (Lipinski definition) is 2. The largest absolute Gasteiger partial charge is 0.324 e. The van der Waals surface area contributed by atoms with E-state index in [1.165, 1.54) is 0 Å². The molecule has 2 unspecified atom stereocenters. The van der Waals surface area contributed by atoms with Gasteiger partial charge in [-0.1, -0.05) is 34.6 Å². The molecule has 0 bridgehead atoms. The van der Waals surface area contributed by atoms with Gasteiger partial charge in [-0.15, -0.1) is 0 Å². The fourth-order valence-electron chi connectivity index (χ4n) is 1.57. The maximum atomic E-state index is 11.6. The molecule has 0 aromatic carbocycles. The fourth-order valence-corrected chi connectivity index (χ4v) is 1.57. The van der Waals surface area contributed by atoms with Crippen molar-refractivity contribution in [2.45, 2.75) is 34.6 Å². The zero-order valence-corrected chi connectivity index (χ0v) is 10.8. The monoisotopic (exact) mass is 226 g/mol. The summed E-state index contributed by atoms with van der Waals surface area (Å²) in [6.07, 6.45) is 0. The number of carbonyl (C=O) groups excluding carboxylic acids is 2. The van der Waals surface area contributed by atoms with E-state index in [0.717, 1.165) is 0 Å². The first kappa shape index (κ1) is 13.0. The third kappa shape index (κ3) is 2.97. The fraction of sp³-hybridized carbons (Fsp3) is 0.833. The van der Waals surface area contributed by atoms with E-state index < -0.39 is 0 Å². The normalized spacial score (nSPS) is 24.3. The lowest BCUT2D eigenvalue weighted by atomic mass is 9.81. The molecule has 0 aliphatic carbocycles. The Labute approximate surface area is 97.4 Å². The lowest BCUT2D eigenvalue weighted by Gasteiger charge is -2.36. The molecule has 0 saturated carbocycles. The summed E-state index contributed by atoms with van der Waals surface area (Å²) in [7, 11) is 0. The minimum absolute atomic E-state index is 0.107. The minimum Gasteiger partial charge on any atom is -0.323 e. The van der Waals surface area contributed by atoms with Crippen molar-refractivity contribution in [3.8, 4) is 0 Å². The van der Waals surface area contributed by atoms with Crippen LogP contribution in [0.5, 0.6) is 0 Å². The summed E-state index contributed by atoms with van der Waals surface area (Å²) in [4.78, 5) is 24.6. The molecule has 0 aromatic heterocycles. The van der Waals surface area contributed by atoms with Gasteiger partial charge in [0.1, 0.15) is 0 Å². The van der Waals surface area contributed by atoms with Crippen molar-refractivity contribution >= 4 is 11.9 Å². The third-order valence-corrected chi connectivity index (χ3v) is 3.43. The molecule has 4 nitrogen and oxygen atoms in total. The summed E-state index contributed by atoms with van der Waals surface area (Å²) in [5.41, 5.74) is 0.172. The van der Waals surface area contributed by atoms with Crippen molar-refractivity contribution in [2.75, 3.05) is 13.1 Å². The van der Waals surface area contributed by atoms with Crippen LogP contribution in [0.15, 0.2) is 0 Å². The van der Waals surface area contributed by atoms with Crippen LogP contribution < -0.4 is 5.32 Å². The van der Waals surface area contributed by atoms with Gasteiger partial charge in [0.25, 0.3) is 0 Å². The molecule has 0 aromatic rings. The van der Waals surface area contributed by atoms with Crippen molar-refractivity contribution in [1.29, 1.82) is 0 Å². The molecule has 16 heavy (non-hydrogen) atoms. The van der Waals surface area contributed by atoms with Crippen LogP contribution in [-0.4, -0.2) is 29.9 Å². The number of urea groups is 1. The summed E-state index contributed by atoms with van der Waals surface area (Å²) in [6, 6.07) is -0.251. The van der Waals surface area contributed by atoms with Crippen LogP contribution >= 0.6 is 0 Å². The second-order valence-corrected chi connectivity index (χ2v) is 5.87. The number of carbonyl (C=O) groups is 2. The predicted molar refractivity (Wildman–Crippen MR) is 62.9 cm³/mol. The number of nitrogens with zero attached hydrogens (tertiary/aromatic N) is 1. The molecular weight excluding hydrogens is 204 g/mol. The Balaban J connectivity index is 2.61. The highest BCUT2D eigenvalue weighted by Gasteiger charge is 2.32. The second-order valence-electron chi connectivity index (χ2n) is 5.87. The van der Waals surface area contributed by atoms with Gasteiger partial charge in [-0.2, -0.15) is 0 Å². The van der Waals surface area contributed by atoms with Crippen LogP contribution in [0.25, 0.3) is 0 Å². The Hall–Kier alpha value is -1.06. The number of amides is 3. The Morgan fingerprint density at radius 2 is 2.00 bits per heavy atom. The van der Waals surface area contributed by atoms with Gasteiger partial charge in [-0.25, -0.2) is 4.79 Å². The molecule has 2 atom stereocenters. The van der Waals surface area contributed by atoms with E-state index in [1.807, 2.05) is 6.92 Å². The summed E-state index contributed by atoms with van der Waals surface area (Å²) in [6.45, 7) is 11.7. The highest BCUT2D eigenvalue weighted by Crippen LogP contribution is 2.26. The standard InChI is InChI=1S/C12H22N2O2/c1-8-6-14(11(16)13-10(8)15)7-9(2)12(3,4)5/h8-9H,6-7H2,1-5H3,(H,13,15,16). The lowest BCUT2D eigenvalue weighted by Crippen LogP contribution is -2.55. The molecular formula is C12H22N2O2. The molecule has 1 N–H and O–H groups in total. The van der Waals surface area contributed by atoms with Gasteiger partial charge >= 0.3 is 6.03 Å². The zero-order valence-electron chi connectivity index (χ0n) is 10.8. The highest BCUT2D eigenvalue weighted by atomic mass is 16.2.